The molecular weight excluding hydrogens is 291 g/mol. The zero-order chi connectivity index (χ0) is 14.8. The van der Waals surface area contributed by atoms with Gasteiger partial charge in [-0.3, -0.25) is 0 Å². The Bertz CT molecular complexity index is 635. The van der Waals surface area contributed by atoms with Crippen LogP contribution in [0.1, 0.15) is 37.9 Å². The Hall–Kier alpha value is -1.55. The highest BCUT2D eigenvalue weighted by Gasteiger charge is 2.21. The first-order valence-electron chi connectivity index (χ1n) is 7.34. The molecule has 1 aliphatic rings. The van der Waals surface area contributed by atoms with Crippen molar-refractivity contribution in [3.05, 3.63) is 34.8 Å². The second-order valence-corrected chi connectivity index (χ2v) is 6.09. The van der Waals surface area contributed by atoms with E-state index in [2.05, 4.69) is 5.16 Å². The van der Waals surface area contributed by atoms with E-state index in [0.29, 0.717) is 22.0 Å². The van der Waals surface area contributed by atoms with Gasteiger partial charge in [0.2, 0.25) is 0 Å². The quantitative estimate of drug-likeness (QED) is 0.879. The number of hydrogen-bond acceptors (Lipinski definition) is 3. The van der Waals surface area contributed by atoms with Crippen LogP contribution in [0.3, 0.4) is 0 Å². The summed E-state index contributed by atoms with van der Waals surface area (Å²) >= 11 is 6.13. The first-order chi connectivity index (χ1) is 10.1. The predicted molar refractivity (Wildman–Crippen MR) is 81.6 cm³/mol. The molecule has 0 atom stereocenters. The lowest BCUT2D eigenvalue weighted by Crippen LogP contribution is -1.97. The van der Waals surface area contributed by atoms with Crippen LogP contribution in [0.15, 0.2) is 22.7 Å². The molecule has 2 N–H and O–H groups in total. The van der Waals surface area contributed by atoms with Crippen molar-refractivity contribution in [1.82, 2.24) is 5.16 Å². The summed E-state index contributed by atoms with van der Waals surface area (Å²) in [7, 11) is 0. The minimum Gasteiger partial charge on any atom is -0.380 e. The summed E-state index contributed by atoms with van der Waals surface area (Å²) in [5, 5.41) is 4.18. The molecule has 21 heavy (non-hydrogen) atoms. The van der Waals surface area contributed by atoms with E-state index < -0.39 is 0 Å². The van der Waals surface area contributed by atoms with Crippen molar-refractivity contribution in [3.8, 4) is 11.1 Å². The molecule has 0 bridgehead atoms. The number of nitrogens with zero attached hydrogens (tertiary/aromatic N) is 1. The van der Waals surface area contributed by atoms with E-state index in [0.717, 1.165) is 24.5 Å². The van der Waals surface area contributed by atoms with Crippen LogP contribution in [-0.2, 0) is 6.42 Å². The van der Waals surface area contributed by atoms with E-state index in [-0.39, 0.29) is 5.82 Å². The predicted octanol–water partition coefficient (Wildman–Crippen LogP) is 4.84. The average Bonchev–Trinajstić information content (AvgIpc) is 3.07. The molecule has 1 aliphatic carbocycles. The Kier molecular flexibility index (Phi) is 4.15. The van der Waals surface area contributed by atoms with Gasteiger partial charge in [0.25, 0.3) is 0 Å². The first-order valence-corrected chi connectivity index (χ1v) is 7.72. The summed E-state index contributed by atoms with van der Waals surface area (Å²) < 4.78 is 18.6. The lowest BCUT2D eigenvalue weighted by atomic mass is 9.97. The summed E-state index contributed by atoms with van der Waals surface area (Å²) in [4.78, 5) is 0. The van der Waals surface area contributed by atoms with E-state index in [1.165, 1.54) is 37.8 Å². The number of benzene rings is 1. The summed E-state index contributed by atoms with van der Waals surface area (Å²) in [5.74, 6) is 1.44. The Morgan fingerprint density at radius 2 is 2.10 bits per heavy atom. The molecule has 5 heteroatoms. The van der Waals surface area contributed by atoms with Crippen molar-refractivity contribution in [2.75, 3.05) is 5.73 Å². The Morgan fingerprint density at radius 3 is 2.81 bits per heavy atom. The molecule has 0 radical (unpaired) electrons. The van der Waals surface area contributed by atoms with Crippen LogP contribution in [0.4, 0.5) is 10.2 Å². The molecule has 1 saturated carbocycles. The van der Waals surface area contributed by atoms with Crippen LogP contribution in [0.2, 0.25) is 5.02 Å². The molecule has 0 amide bonds. The zero-order valence-electron chi connectivity index (χ0n) is 11.7. The number of anilines is 1. The molecule has 0 saturated heterocycles. The summed E-state index contributed by atoms with van der Waals surface area (Å²) in [6.07, 6.45) is 7.07. The third kappa shape index (κ3) is 3.05. The number of nitrogens with two attached hydrogens (primary N) is 1. The van der Waals surface area contributed by atoms with Crippen molar-refractivity contribution in [2.45, 2.75) is 38.5 Å². The lowest BCUT2D eigenvalue weighted by molar-refractivity contribution is 0.370. The molecule has 3 nitrogen and oxygen atoms in total. The van der Waals surface area contributed by atoms with Gasteiger partial charge in [-0.2, -0.15) is 0 Å². The fraction of sp³-hybridized carbons (Fsp3) is 0.438. The number of hydrogen-bond donors (Lipinski definition) is 1. The number of aryl methyl sites for hydroxylation is 1. The minimum atomic E-state index is -0.369. The molecule has 112 valence electrons. The Morgan fingerprint density at radius 1 is 1.33 bits per heavy atom. The van der Waals surface area contributed by atoms with Crippen LogP contribution in [0.5, 0.6) is 0 Å². The molecule has 1 heterocycles. The van der Waals surface area contributed by atoms with Gasteiger partial charge in [-0.25, -0.2) is 4.39 Å². The molecule has 1 fully saturated rings. The number of rotatable bonds is 4. The molecular formula is C16H18ClFN2O. The van der Waals surface area contributed by atoms with Gasteiger partial charge >= 0.3 is 0 Å². The highest BCUT2D eigenvalue weighted by Crippen LogP contribution is 2.37. The van der Waals surface area contributed by atoms with Gasteiger partial charge in [-0.15, -0.1) is 0 Å². The van der Waals surface area contributed by atoms with Crippen molar-refractivity contribution in [2.24, 2.45) is 5.92 Å². The molecule has 0 aliphatic heterocycles. The summed E-state index contributed by atoms with van der Waals surface area (Å²) in [6, 6.07) is 4.28. The largest absolute Gasteiger partial charge is 0.380 e. The van der Waals surface area contributed by atoms with Crippen molar-refractivity contribution < 1.29 is 8.91 Å². The van der Waals surface area contributed by atoms with Crippen LogP contribution < -0.4 is 5.73 Å². The average molecular weight is 309 g/mol. The first kappa shape index (κ1) is 14.4. The van der Waals surface area contributed by atoms with Crippen molar-refractivity contribution in [1.29, 1.82) is 0 Å². The van der Waals surface area contributed by atoms with E-state index in [4.69, 9.17) is 21.9 Å². The lowest BCUT2D eigenvalue weighted by Gasteiger charge is -2.08. The normalized spacial score (nSPS) is 15.7. The second-order valence-electron chi connectivity index (χ2n) is 5.68. The smallest absolute Gasteiger partial charge is 0.175 e. The number of halogens is 2. The molecule has 1 aromatic heterocycles. The zero-order valence-corrected chi connectivity index (χ0v) is 12.5. The molecule has 1 aromatic carbocycles. The SMILES string of the molecule is Nc1noc(CCC2CCCC2)c1-c1ccc(F)cc1Cl. The van der Waals surface area contributed by atoms with E-state index >= 15 is 0 Å². The maximum atomic E-state index is 13.2. The Balaban J connectivity index is 1.85. The van der Waals surface area contributed by atoms with Crippen molar-refractivity contribution in [3.63, 3.8) is 0 Å². The molecule has 0 unspecified atom stereocenters. The number of nitrogen functional groups attached to an aromatic ring is 1. The van der Waals surface area contributed by atoms with Crippen LogP contribution >= 0.6 is 11.6 Å². The molecule has 0 spiro atoms. The van der Waals surface area contributed by atoms with Crippen molar-refractivity contribution >= 4 is 17.4 Å². The second kappa shape index (κ2) is 6.06. The van der Waals surface area contributed by atoms with Gasteiger partial charge in [0.15, 0.2) is 5.82 Å². The van der Waals surface area contributed by atoms with Gasteiger partial charge in [-0.05, 0) is 30.5 Å². The third-order valence-electron chi connectivity index (χ3n) is 4.24. The highest BCUT2D eigenvalue weighted by atomic mass is 35.5. The van der Waals surface area contributed by atoms with Gasteiger partial charge in [0.05, 0.1) is 10.6 Å². The maximum Gasteiger partial charge on any atom is 0.175 e. The monoisotopic (exact) mass is 308 g/mol. The van der Waals surface area contributed by atoms with Crippen LogP contribution in [0, 0.1) is 11.7 Å². The van der Waals surface area contributed by atoms with E-state index in [1.807, 2.05) is 0 Å². The topological polar surface area (TPSA) is 52.0 Å². The van der Waals surface area contributed by atoms with Crippen LogP contribution in [-0.4, -0.2) is 5.16 Å². The fourth-order valence-electron chi connectivity index (χ4n) is 3.12. The standard InChI is InChI=1S/C16H18ClFN2O/c17-13-9-11(18)6-7-12(13)15-14(21-20-16(15)19)8-5-10-3-1-2-4-10/h6-7,9-10H,1-5,8H2,(H2,19,20). The highest BCUT2D eigenvalue weighted by molar-refractivity contribution is 6.33. The Labute approximate surface area is 128 Å². The van der Waals surface area contributed by atoms with E-state index in [1.54, 1.807) is 6.07 Å². The fourth-order valence-corrected chi connectivity index (χ4v) is 3.39. The summed E-state index contributed by atoms with van der Waals surface area (Å²) in [6.45, 7) is 0. The van der Waals surface area contributed by atoms with Gasteiger partial charge in [0.1, 0.15) is 11.6 Å². The van der Waals surface area contributed by atoms with E-state index in [9.17, 15) is 4.39 Å². The number of aromatic nitrogens is 1. The maximum absolute atomic E-state index is 13.2. The van der Waals surface area contributed by atoms with Gasteiger partial charge < -0.3 is 10.3 Å². The summed E-state index contributed by atoms with van der Waals surface area (Å²) in [5.41, 5.74) is 7.29. The van der Waals surface area contributed by atoms with Gasteiger partial charge in [0, 0.05) is 12.0 Å². The van der Waals surface area contributed by atoms with Gasteiger partial charge in [-0.1, -0.05) is 42.4 Å². The van der Waals surface area contributed by atoms with Crippen LogP contribution in [0.25, 0.3) is 11.1 Å². The minimum absolute atomic E-state index is 0.310. The third-order valence-corrected chi connectivity index (χ3v) is 4.56. The molecule has 3 rings (SSSR count). The molecule has 2 aromatic rings.